The van der Waals surface area contributed by atoms with Crippen molar-refractivity contribution in [3.05, 3.63) is 48.0 Å². The minimum absolute atomic E-state index is 0.0467. The van der Waals surface area contributed by atoms with E-state index in [1.54, 1.807) is 0 Å². The number of nitrogens with two attached hydrogens (primary N) is 1. The zero-order valence-corrected chi connectivity index (χ0v) is 11.5. The summed E-state index contributed by atoms with van der Waals surface area (Å²) >= 11 is 0. The van der Waals surface area contributed by atoms with E-state index in [9.17, 15) is 4.79 Å². The lowest BCUT2D eigenvalue weighted by Crippen LogP contribution is -2.25. The van der Waals surface area contributed by atoms with Crippen molar-refractivity contribution in [3.63, 3.8) is 0 Å². The predicted octanol–water partition coefficient (Wildman–Crippen LogP) is 1.94. The fourth-order valence-electron chi connectivity index (χ4n) is 1.99. The van der Waals surface area contributed by atoms with Crippen LogP contribution in [0.25, 0.3) is 10.8 Å². The first-order valence-corrected chi connectivity index (χ1v) is 6.86. The van der Waals surface area contributed by atoms with Gasteiger partial charge in [0, 0.05) is 25.3 Å². The summed E-state index contributed by atoms with van der Waals surface area (Å²) in [6, 6.07) is 13.7. The van der Waals surface area contributed by atoms with Gasteiger partial charge in [-0.05, 0) is 29.3 Å². The smallest absolute Gasteiger partial charge is 0.251 e. The van der Waals surface area contributed by atoms with Crippen molar-refractivity contribution >= 4 is 16.7 Å². The fraction of sp³-hybridized carbons (Fsp3) is 0.312. The maximum atomic E-state index is 12.0. The molecular formula is C16H20N2O2. The monoisotopic (exact) mass is 272 g/mol. The number of hydrogen-bond acceptors (Lipinski definition) is 3. The van der Waals surface area contributed by atoms with Crippen LogP contribution in [0.4, 0.5) is 0 Å². The van der Waals surface area contributed by atoms with Crippen molar-refractivity contribution < 1.29 is 9.53 Å². The van der Waals surface area contributed by atoms with E-state index in [0.717, 1.165) is 17.2 Å². The van der Waals surface area contributed by atoms with Crippen LogP contribution < -0.4 is 11.1 Å². The number of hydrogen-bond donors (Lipinski definition) is 2. The van der Waals surface area contributed by atoms with Crippen LogP contribution in [0, 0.1) is 0 Å². The lowest BCUT2D eigenvalue weighted by atomic mass is 10.1. The molecule has 106 valence electrons. The van der Waals surface area contributed by atoms with Gasteiger partial charge in [0.15, 0.2) is 0 Å². The maximum absolute atomic E-state index is 12.0. The molecule has 4 heteroatoms. The van der Waals surface area contributed by atoms with Crippen LogP contribution in [0.2, 0.25) is 0 Å². The zero-order valence-electron chi connectivity index (χ0n) is 11.5. The Labute approximate surface area is 118 Å². The molecule has 0 spiro atoms. The van der Waals surface area contributed by atoms with Gasteiger partial charge in [0.2, 0.25) is 0 Å². The zero-order chi connectivity index (χ0) is 14.2. The van der Waals surface area contributed by atoms with Crippen LogP contribution in [0.5, 0.6) is 0 Å². The maximum Gasteiger partial charge on any atom is 0.251 e. The SMILES string of the molecule is NCCOCCCNC(=O)c1ccc2ccccc2c1. The molecule has 0 saturated heterocycles. The first-order valence-electron chi connectivity index (χ1n) is 6.86. The third-order valence-corrected chi connectivity index (χ3v) is 3.02. The normalized spacial score (nSPS) is 10.7. The number of carbonyl (C=O) groups excluding carboxylic acids is 1. The Morgan fingerprint density at radius 1 is 1.10 bits per heavy atom. The van der Waals surface area contributed by atoms with Gasteiger partial charge in [0.25, 0.3) is 5.91 Å². The summed E-state index contributed by atoms with van der Waals surface area (Å²) in [5.41, 5.74) is 6.00. The molecule has 0 radical (unpaired) electrons. The molecule has 0 aliphatic heterocycles. The Morgan fingerprint density at radius 2 is 1.90 bits per heavy atom. The van der Waals surface area contributed by atoms with E-state index in [2.05, 4.69) is 5.32 Å². The molecule has 0 aliphatic rings. The largest absolute Gasteiger partial charge is 0.380 e. The Bertz CT molecular complexity index is 569. The number of carbonyl (C=O) groups is 1. The van der Waals surface area contributed by atoms with Crippen LogP contribution in [-0.4, -0.2) is 32.2 Å². The van der Waals surface area contributed by atoms with Crippen molar-refractivity contribution in [1.82, 2.24) is 5.32 Å². The summed E-state index contributed by atoms with van der Waals surface area (Å²) < 4.78 is 5.25. The quantitative estimate of drug-likeness (QED) is 0.757. The van der Waals surface area contributed by atoms with Crippen molar-refractivity contribution in [2.45, 2.75) is 6.42 Å². The molecule has 20 heavy (non-hydrogen) atoms. The molecule has 0 saturated carbocycles. The molecule has 2 aromatic rings. The number of benzene rings is 2. The van der Waals surface area contributed by atoms with E-state index in [4.69, 9.17) is 10.5 Å². The molecule has 0 aliphatic carbocycles. The van der Waals surface area contributed by atoms with Crippen LogP contribution in [0.1, 0.15) is 16.8 Å². The lowest BCUT2D eigenvalue weighted by molar-refractivity contribution is 0.0943. The van der Waals surface area contributed by atoms with Gasteiger partial charge in [-0.15, -0.1) is 0 Å². The molecule has 0 atom stereocenters. The van der Waals surface area contributed by atoms with Gasteiger partial charge in [-0.1, -0.05) is 30.3 Å². The molecule has 4 nitrogen and oxygen atoms in total. The Hall–Kier alpha value is -1.91. The third-order valence-electron chi connectivity index (χ3n) is 3.02. The second-order valence-corrected chi connectivity index (χ2v) is 4.57. The molecule has 0 bridgehead atoms. The molecule has 3 N–H and O–H groups in total. The molecule has 0 fully saturated rings. The highest BCUT2D eigenvalue weighted by atomic mass is 16.5. The highest BCUT2D eigenvalue weighted by molar-refractivity contribution is 5.98. The van der Waals surface area contributed by atoms with Crippen LogP contribution in [0.15, 0.2) is 42.5 Å². The van der Waals surface area contributed by atoms with E-state index in [-0.39, 0.29) is 5.91 Å². The van der Waals surface area contributed by atoms with Crippen LogP contribution in [0.3, 0.4) is 0 Å². The number of nitrogens with one attached hydrogen (secondary N) is 1. The Balaban J connectivity index is 1.84. The van der Waals surface area contributed by atoms with Crippen molar-refractivity contribution in [3.8, 4) is 0 Å². The highest BCUT2D eigenvalue weighted by Crippen LogP contribution is 2.15. The van der Waals surface area contributed by atoms with Gasteiger partial charge >= 0.3 is 0 Å². The molecule has 0 unspecified atom stereocenters. The molecule has 2 aromatic carbocycles. The minimum atomic E-state index is -0.0467. The van der Waals surface area contributed by atoms with E-state index in [1.165, 1.54) is 0 Å². The summed E-state index contributed by atoms with van der Waals surface area (Å²) in [4.78, 5) is 12.0. The van der Waals surface area contributed by atoms with Crippen LogP contribution >= 0.6 is 0 Å². The minimum Gasteiger partial charge on any atom is -0.380 e. The summed E-state index contributed by atoms with van der Waals surface area (Å²) in [7, 11) is 0. The van der Waals surface area contributed by atoms with E-state index in [0.29, 0.717) is 31.9 Å². The summed E-state index contributed by atoms with van der Waals surface area (Å²) in [6.07, 6.45) is 0.791. The number of ether oxygens (including phenoxy) is 1. The molecule has 1 amide bonds. The van der Waals surface area contributed by atoms with Crippen molar-refractivity contribution in [1.29, 1.82) is 0 Å². The lowest BCUT2D eigenvalue weighted by Gasteiger charge is -2.06. The molecular weight excluding hydrogens is 252 g/mol. The Kier molecular flexibility index (Phi) is 5.53. The first-order chi connectivity index (χ1) is 9.81. The fourth-order valence-corrected chi connectivity index (χ4v) is 1.99. The van der Waals surface area contributed by atoms with Crippen LogP contribution in [-0.2, 0) is 4.74 Å². The van der Waals surface area contributed by atoms with Gasteiger partial charge < -0.3 is 15.8 Å². The second-order valence-electron chi connectivity index (χ2n) is 4.57. The molecule has 0 heterocycles. The van der Waals surface area contributed by atoms with E-state index in [1.807, 2.05) is 42.5 Å². The number of fused-ring (bicyclic) bond motifs is 1. The molecule has 0 aromatic heterocycles. The summed E-state index contributed by atoms with van der Waals surface area (Å²) in [6.45, 7) is 2.33. The standard InChI is InChI=1S/C16H20N2O2/c17-8-11-20-10-3-9-18-16(19)15-7-6-13-4-1-2-5-14(13)12-15/h1-2,4-7,12H,3,8-11,17H2,(H,18,19). The Morgan fingerprint density at radius 3 is 2.70 bits per heavy atom. The first kappa shape index (κ1) is 14.5. The second kappa shape index (κ2) is 7.62. The van der Waals surface area contributed by atoms with Crippen molar-refractivity contribution in [2.75, 3.05) is 26.3 Å². The van der Waals surface area contributed by atoms with Gasteiger partial charge in [-0.3, -0.25) is 4.79 Å². The molecule has 2 rings (SSSR count). The summed E-state index contributed by atoms with van der Waals surface area (Å²) in [5, 5.41) is 5.10. The average molecular weight is 272 g/mol. The number of amides is 1. The summed E-state index contributed by atoms with van der Waals surface area (Å²) in [5.74, 6) is -0.0467. The third kappa shape index (κ3) is 4.05. The van der Waals surface area contributed by atoms with Gasteiger partial charge in [0.05, 0.1) is 6.61 Å². The van der Waals surface area contributed by atoms with Gasteiger partial charge in [-0.2, -0.15) is 0 Å². The van der Waals surface area contributed by atoms with Gasteiger partial charge in [0.1, 0.15) is 0 Å². The van der Waals surface area contributed by atoms with E-state index < -0.39 is 0 Å². The average Bonchev–Trinajstić information content (AvgIpc) is 2.50. The topological polar surface area (TPSA) is 64.3 Å². The number of rotatable bonds is 7. The van der Waals surface area contributed by atoms with Crippen molar-refractivity contribution in [2.24, 2.45) is 5.73 Å². The van der Waals surface area contributed by atoms with E-state index >= 15 is 0 Å². The predicted molar refractivity (Wildman–Crippen MR) is 80.8 cm³/mol. The highest BCUT2D eigenvalue weighted by Gasteiger charge is 2.05. The van der Waals surface area contributed by atoms with Gasteiger partial charge in [-0.25, -0.2) is 0 Å².